The molecule has 0 unspecified atom stereocenters. The lowest BCUT2D eigenvalue weighted by Gasteiger charge is -2.12. The zero-order valence-corrected chi connectivity index (χ0v) is 11.0. The molecule has 1 atom stereocenters. The predicted octanol–water partition coefficient (Wildman–Crippen LogP) is 0.529. The number of Topliss-reactive ketones (excluding diaryl/α,β-unsaturated/α-hetero) is 1. The lowest BCUT2D eigenvalue weighted by atomic mass is 10.2. The fraction of sp³-hybridized carbons (Fsp3) is 0.417. The molecular weight excluding hydrogens is 252 g/mol. The van der Waals surface area contributed by atoms with Gasteiger partial charge in [0, 0.05) is 18.2 Å². The molecule has 0 aromatic heterocycles. The van der Waals surface area contributed by atoms with E-state index in [0.717, 1.165) is 13.0 Å². The van der Waals surface area contributed by atoms with Crippen LogP contribution in [0.1, 0.15) is 23.7 Å². The smallest absolute Gasteiger partial charge is 0.240 e. The van der Waals surface area contributed by atoms with E-state index in [1.165, 1.54) is 19.1 Å². The van der Waals surface area contributed by atoms with Crippen LogP contribution in [-0.4, -0.2) is 33.3 Å². The van der Waals surface area contributed by atoms with Crippen LogP contribution >= 0.6 is 0 Å². The number of hydrogen-bond acceptors (Lipinski definition) is 4. The van der Waals surface area contributed by atoms with Gasteiger partial charge in [-0.2, -0.15) is 0 Å². The molecule has 1 heterocycles. The summed E-state index contributed by atoms with van der Waals surface area (Å²) in [5.41, 5.74) is 0.405. The van der Waals surface area contributed by atoms with E-state index >= 15 is 0 Å². The van der Waals surface area contributed by atoms with Crippen LogP contribution in [0.4, 0.5) is 0 Å². The molecule has 1 aliphatic heterocycles. The van der Waals surface area contributed by atoms with Crippen molar-refractivity contribution in [2.75, 3.05) is 13.1 Å². The molecule has 18 heavy (non-hydrogen) atoms. The second-order valence-corrected chi connectivity index (χ2v) is 6.11. The van der Waals surface area contributed by atoms with Crippen molar-refractivity contribution in [3.05, 3.63) is 29.8 Å². The fourth-order valence-corrected chi connectivity index (χ4v) is 3.24. The van der Waals surface area contributed by atoms with E-state index in [0.29, 0.717) is 12.1 Å². The topological polar surface area (TPSA) is 75.3 Å². The highest BCUT2D eigenvalue weighted by atomic mass is 32.2. The molecule has 2 N–H and O–H groups in total. The van der Waals surface area contributed by atoms with Crippen LogP contribution in [0.2, 0.25) is 0 Å². The second-order valence-electron chi connectivity index (χ2n) is 4.40. The quantitative estimate of drug-likeness (QED) is 0.781. The van der Waals surface area contributed by atoms with Gasteiger partial charge >= 0.3 is 0 Å². The molecule has 0 radical (unpaired) electrons. The summed E-state index contributed by atoms with van der Waals surface area (Å²) in [6, 6.07) is 6.02. The highest BCUT2D eigenvalue weighted by Gasteiger charge is 2.22. The van der Waals surface area contributed by atoms with E-state index in [-0.39, 0.29) is 16.7 Å². The number of sulfonamides is 1. The minimum Gasteiger partial charge on any atom is -0.315 e. The molecule has 0 spiro atoms. The molecule has 1 aliphatic rings. The third-order valence-electron chi connectivity index (χ3n) is 2.93. The van der Waals surface area contributed by atoms with Crippen molar-refractivity contribution in [3.8, 4) is 0 Å². The summed E-state index contributed by atoms with van der Waals surface area (Å²) >= 11 is 0. The summed E-state index contributed by atoms with van der Waals surface area (Å²) in [7, 11) is -3.54. The van der Waals surface area contributed by atoms with Crippen molar-refractivity contribution in [2.45, 2.75) is 24.3 Å². The molecular formula is C12H16N2O3S. The van der Waals surface area contributed by atoms with Gasteiger partial charge in [0.2, 0.25) is 10.0 Å². The Morgan fingerprint density at radius 3 is 2.83 bits per heavy atom. The Hall–Kier alpha value is -1.24. The molecule has 0 amide bonds. The summed E-state index contributed by atoms with van der Waals surface area (Å²) in [6.07, 6.45) is 0.783. The first-order chi connectivity index (χ1) is 8.49. The molecule has 0 bridgehead atoms. The van der Waals surface area contributed by atoms with Gasteiger partial charge in [0.25, 0.3) is 0 Å². The first-order valence-corrected chi connectivity index (χ1v) is 7.31. The molecule has 0 saturated carbocycles. The Balaban J connectivity index is 2.23. The minimum absolute atomic E-state index is 0.0732. The summed E-state index contributed by atoms with van der Waals surface area (Å²) in [5, 5.41) is 3.09. The Bertz CT molecular complexity index is 548. The Kier molecular flexibility index (Phi) is 3.79. The van der Waals surface area contributed by atoms with E-state index < -0.39 is 10.0 Å². The van der Waals surface area contributed by atoms with Gasteiger partial charge in [0.1, 0.15) is 0 Å². The number of hydrogen-bond donors (Lipinski definition) is 2. The van der Waals surface area contributed by atoms with Gasteiger partial charge in [-0.05, 0) is 32.0 Å². The Labute approximate surface area is 107 Å². The van der Waals surface area contributed by atoms with E-state index in [4.69, 9.17) is 0 Å². The number of carbonyl (C=O) groups excluding carboxylic acids is 1. The Morgan fingerprint density at radius 1 is 1.44 bits per heavy atom. The standard InChI is InChI=1S/C12H16N2O3S/c1-9(15)10-3-2-4-12(7-10)18(16,17)14-11-5-6-13-8-11/h2-4,7,11,13-14H,5-6,8H2,1H3/t11-/m0/s1. The van der Waals surface area contributed by atoms with Gasteiger partial charge in [-0.15, -0.1) is 0 Å². The van der Waals surface area contributed by atoms with Crippen LogP contribution in [0.15, 0.2) is 29.2 Å². The normalized spacial score (nSPS) is 19.9. The van der Waals surface area contributed by atoms with Crippen molar-refractivity contribution < 1.29 is 13.2 Å². The average molecular weight is 268 g/mol. The molecule has 1 saturated heterocycles. The second kappa shape index (κ2) is 5.17. The molecule has 2 rings (SSSR count). The fourth-order valence-electron chi connectivity index (χ4n) is 1.92. The van der Waals surface area contributed by atoms with Crippen molar-refractivity contribution in [1.29, 1.82) is 0 Å². The van der Waals surface area contributed by atoms with E-state index in [1.54, 1.807) is 12.1 Å². The predicted molar refractivity (Wildman–Crippen MR) is 68.0 cm³/mol. The molecule has 1 aromatic carbocycles. The van der Waals surface area contributed by atoms with Crippen LogP contribution in [0.25, 0.3) is 0 Å². The van der Waals surface area contributed by atoms with Gasteiger partial charge in [0.05, 0.1) is 4.90 Å². The molecule has 1 fully saturated rings. The molecule has 6 heteroatoms. The summed E-state index contributed by atoms with van der Waals surface area (Å²) in [6.45, 7) is 2.88. The van der Waals surface area contributed by atoms with Gasteiger partial charge in [-0.25, -0.2) is 13.1 Å². The number of rotatable bonds is 4. The molecule has 98 valence electrons. The van der Waals surface area contributed by atoms with Crippen LogP contribution in [0.5, 0.6) is 0 Å². The van der Waals surface area contributed by atoms with Gasteiger partial charge in [-0.1, -0.05) is 12.1 Å². The highest BCUT2D eigenvalue weighted by molar-refractivity contribution is 7.89. The maximum absolute atomic E-state index is 12.1. The van der Waals surface area contributed by atoms with Gasteiger partial charge in [-0.3, -0.25) is 4.79 Å². The first-order valence-electron chi connectivity index (χ1n) is 5.83. The van der Waals surface area contributed by atoms with Crippen LogP contribution in [0.3, 0.4) is 0 Å². The van der Waals surface area contributed by atoms with Gasteiger partial charge in [0.15, 0.2) is 5.78 Å². The van der Waals surface area contributed by atoms with E-state index in [2.05, 4.69) is 10.0 Å². The zero-order valence-electron chi connectivity index (χ0n) is 10.1. The number of benzene rings is 1. The zero-order chi connectivity index (χ0) is 13.2. The van der Waals surface area contributed by atoms with E-state index in [1.807, 2.05) is 0 Å². The van der Waals surface area contributed by atoms with Crippen LogP contribution < -0.4 is 10.0 Å². The number of carbonyl (C=O) groups is 1. The largest absolute Gasteiger partial charge is 0.315 e. The summed E-state index contributed by atoms with van der Waals surface area (Å²) in [4.78, 5) is 11.4. The van der Waals surface area contributed by atoms with Crippen LogP contribution in [-0.2, 0) is 10.0 Å². The monoisotopic (exact) mass is 268 g/mol. The van der Waals surface area contributed by atoms with Crippen LogP contribution in [0, 0.1) is 0 Å². The van der Waals surface area contributed by atoms with Crippen molar-refractivity contribution in [3.63, 3.8) is 0 Å². The van der Waals surface area contributed by atoms with Crippen molar-refractivity contribution in [1.82, 2.24) is 10.0 Å². The Morgan fingerprint density at radius 2 is 2.22 bits per heavy atom. The maximum Gasteiger partial charge on any atom is 0.240 e. The minimum atomic E-state index is -3.54. The SMILES string of the molecule is CC(=O)c1cccc(S(=O)(=O)N[C@H]2CCNC2)c1. The highest BCUT2D eigenvalue weighted by Crippen LogP contribution is 2.13. The number of ketones is 1. The average Bonchev–Trinajstić information content (AvgIpc) is 2.81. The maximum atomic E-state index is 12.1. The molecule has 5 nitrogen and oxygen atoms in total. The third kappa shape index (κ3) is 2.95. The summed E-state index contributed by atoms with van der Waals surface area (Å²) < 4.78 is 26.9. The molecule has 1 aromatic rings. The number of nitrogens with one attached hydrogen (secondary N) is 2. The van der Waals surface area contributed by atoms with E-state index in [9.17, 15) is 13.2 Å². The van der Waals surface area contributed by atoms with Crippen molar-refractivity contribution in [2.24, 2.45) is 0 Å². The lowest BCUT2D eigenvalue weighted by molar-refractivity contribution is 0.101. The third-order valence-corrected chi connectivity index (χ3v) is 4.45. The van der Waals surface area contributed by atoms with Gasteiger partial charge < -0.3 is 5.32 Å². The summed E-state index contributed by atoms with van der Waals surface area (Å²) in [5.74, 6) is -0.144. The molecule has 0 aliphatic carbocycles. The first kappa shape index (κ1) is 13.2. The van der Waals surface area contributed by atoms with Crippen molar-refractivity contribution >= 4 is 15.8 Å². The lowest BCUT2D eigenvalue weighted by Crippen LogP contribution is -2.36.